The fourth-order valence-electron chi connectivity index (χ4n) is 10.4. The van der Waals surface area contributed by atoms with E-state index in [1.165, 1.54) is 27.9 Å². The van der Waals surface area contributed by atoms with Gasteiger partial charge in [-0.25, -0.2) is 0 Å². The quantitative estimate of drug-likeness (QED) is 0.0865. The molecule has 12 aromatic rings. The van der Waals surface area contributed by atoms with Crippen LogP contribution in [0.4, 0.5) is 0 Å². The standard InChI is InChI=1S/C40H33N2O.C25H25N2.Ir/c1-23(2)28-13-10-14-29(24(3)4)38(28)42-35-16-9-8-15-34(35)41-40(42)31-20-17-25(5)37-33-21-27-19-18-26-11-6-7-12-30(26)32(27)22-36(33)43-39(31)37;1-17(2)20-13-10-14-21(18(3)4)24(20)27-23-16-9-8-15-22(23)26-25(27)19-11-6-5-7-12-19;/h6-19,21-24H,1-5H3;5-11,13-18H,1-4H3;/q2*-1;+3/i5D3;;. The van der Waals surface area contributed by atoms with Crippen LogP contribution in [-0.2, 0) is 20.1 Å². The van der Waals surface area contributed by atoms with E-state index in [4.69, 9.17) is 18.5 Å². The zero-order chi connectivity index (χ0) is 50.9. The summed E-state index contributed by atoms with van der Waals surface area (Å²) in [6.07, 6.45) is 0. The van der Waals surface area contributed by atoms with Gasteiger partial charge in [-0.3, -0.25) is 9.97 Å². The van der Waals surface area contributed by atoms with E-state index >= 15 is 0 Å². The largest absolute Gasteiger partial charge is 3.00 e. The summed E-state index contributed by atoms with van der Waals surface area (Å²) in [6, 6.07) is 62.8. The van der Waals surface area contributed by atoms with E-state index < -0.39 is 6.85 Å². The number of rotatable bonds is 8. The summed E-state index contributed by atoms with van der Waals surface area (Å²) in [4.78, 5) is 10.2. The van der Waals surface area contributed by atoms with E-state index in [2.05, 4.69) is 180 Å². The van der Waals surface area contributed by atoms with Gasteiger partial charge in [0.05, 0.1) is 39.3 Å². The van der Waals surface area contributed by atoms with Crippen molar-refractivity contribution in [2.75, 3.05) is 0 Å². The minimum atomic E-state index is -2.36. The van der Waals surface area contributed by atoms with Gasteiger partial charge in [0.15, 0.2) is 0 Å². The summed E-state index contributed by atoms with van der Waals surface area (Å²) >= 11 is 0. The second-order valence-electron chi connectivity index (χ2n) is 19.7. The average Bonchev–Trinajstić information content (AvgIpc) is 4.09. The van der Waals surface area contributed by atoms with Crippen LogP contribution in [0.5, 0.6) is 0 Å². The molecule has 0 radical (unpaired) electrons. The van der Waals surface area contributed by atoms with Gasteiger partial charge in [0.2, 0.25) is 0 Å². The summed E-state index contributed by atoms with van der Waals surface area (Å²) in [5.41, 5.74) is 14.5. The predicted octanol–water partition coefficient (Wildman–Crippen LogP) is 17.0. The maximum atomic E-state index is 8.48. The smallest absolute Gasteiger partial charge is 0.501 e. The summed E-state index contributed by atoms with van der Waals surface area (Å²) in [6.45, 7) is 15.5. The molecular formula is C65H58IrN4O+. The Bertz CT molecular complexity index is 3990. The number of benzene rings is 9. The Balaban J connectivity index is 0.000000191. The van der Waals surface area contributed by atoms with Crippen molar-refractivity contribution in [3.8, 4) is 34.2 Å². The first-order valence-corrected chi connectivity index (χ1v) is 24.6. The predicted molar refractivity (Wildman–Crippen MR) is 292 cm³/mol. The molecule has 0 N–H and O–H groups in total. The minimum absolute atomic E-state index is 0. The van der Waals surface area contributed by atoms with Gasteiger partial charge < -0.3 is 13.6 Å². The van der Waals surface area contributed by atoms with Gasteiger partial charge in [0.25, 0.3) is 0 Å². The van der Waals surface area contributed by atoms with E-state index in [0.717, 1.165) is 66.1 Å². The molecule has 0 saturated carbocycles. The minimum Gasteiger partial charge on any atom is -0.501 e. The zero-order valence-electron chi connectivity index (χ0n) is 44.4. The summed E-state index contributed by atoms with van der Waals surface area (Å²) < 4.78 is 36.8. The zero-order valence-corrected chi connectivity index (χ0v) is 43.8. The Morgan fingerprint density at radius 1 is 0.620 bits per heavy atom. The van der Waals surface area contributed by atoms with Crippen molar-refractivity contribution in [3.63, 3.8) is 0 Å². The van der Waals surface area contributed by atoms with Crippen LogP contribution in [0.2, 0.25) is 0 Å². The topological polar surface area (TPSA) is 48.9 Å². The maximum absolute atomic E-state index is 8.48. The van der Waals surface area contributed by atoms with Crippen molar-refractivity contribution in [1.29, 1.82) is 0 Å². The second-order valence-corrected chi connectivity index (χ2v) is 19.7. The molecule has 12 rings (SSSR count). The number of hydrogen-bond acceptors (Lipinski definition) is 2. The third-order valence-corrected chi connectivity index (χ3v) is 13.8. The van der Waals surface area contributed by atoms with Crippen molar-refractivity contribution in [3.05, 3.63) is 204 Å². The van der Waals surface area contributed by atoms with Gasteiger partial charge in [-0.05, 0) is 104 Å². The van der Waals surface area contributed by atoms with Crippen LogP contribution in [0, 0.1) is 19.0 Å². The fraction of sp³-hybridized carbons (Fsp3) is 0.200. The fourth-order valence-corrected chi connectivity index (χ4v) is 10.4. The van der Waals surface area contributed by atoms with Crippen LogP contribution in [0.3, 0.4) is 0 Å². The Kier molecular flexibility index (Phi) is 11.9. The molecule has 0 aliphatic carbocycles. The van der Waals surface area contributed by atoms with Gasteiger partial charge in [0.1, 0.15) is 5.58 Å². The molecule has 3 heterocycles. The Morgan fingerprint density at radius 2 is 1.27 bits per heavy atom. The number of hydrogen-bond donors (Lipinski definition) is 0. The van der Waals surface area contributed by atoms with Crippen molar-refractivity contribution in [2.45, 2.75) is 85.9 Å². The molecule has 0 unspecified atom stereocenters. The van der Waals surface area contributed by atoms with Gasteiger partial charge in [0, 0.05) is 20.9 Å². The van der Waals surface area contributed by atoms with Crippen molar-refractivity contribution < 1.29 is 33.2 Å². The molecule has 352 valence electrons. The van der Waals surface area contributed by atoms with E-state index in [-0.39, 0.29) is 37.5 Å². The van der Waals surface area contributed by atoms with E-state index in [1.54, 1.807) is 6.07 Å². The maximum Gasteiger partial charge on any atom is 3.00 e. The van der Waals surface area contributed by atoms with Gasteiger partial charge in [-0.2, -0.15) is 0 Å². The molecule has 0 fully saturated rings. The average molecular weight is 1110 g/mol. The number of para-hydroxylation sites is 6. The molecule has 0 saturated heterocycles. The summed E-state index contributed by atoms with van der Waals surface area (Å²) in [7, 11) is 0. The number of furan rings is 1. The normalized spacial score (nSPS) is 12.6. The molecule has 9 aromatic carbocycles. The number of nitrogens with zero attached hydrogens (tertiary/aromatic N) is 4. The third kappa shape index (κ3) is 8.27. The SMILES string of the molecule is CC(C)c1cccc(C(C)C)c1-n1c(-c2[c-]cccc2)nc2ccccc21.[2H]C([2H])([2H])c1c[c-]c(-c2[n-]c3ccccc3[n+]2-c2c(C(C)C)cccc2C(C)C)c2oc3cc4c(ccc5ccccc54)cc3c12.[Ir+3]. The molecule has 0 bridgehead atoms. The van der Waals surface area contributed by atoms with Crippen LogP contribution < -0.4 is 9.55 Å². The van der Waals surface area contributed by atoms with Gasteiger partial charge in [-0.1, -0.05) is 170 Å². The van der Waals surface area contributed by atoms with Crippen LogP contribution in [0.15, 0.2) is 168 Å². The number of fused-ring (bicyclic) bond motifs is 8. The van der Waals surface area contributed by atoms with Crippen molar-refractivity contribution in [1.82, 2.24) is 14.5 Å². The summed E-state index contributed by atoms with van der Waals surface area (Å²) in [5.74, 6) is 3.00. The Hall–Kier alpha value is -7.11. The van der Waals surface area contributed by atoms with E-state index in [0.29, 0.717) is 39.8 Å². The van der Waals surface area contributed by atoms with Crippen molar-refractivity contribution >= 4 is 65.6 Å². The molecule has 0 atom stereocenters. The molecule has 0 amide bonds. The monoisotopic (exact) mass is 1110 g/mol. The molecule has 0 aliphatic rings. The van der Waals surface area contributed by atoms with E-state index in [9.17, 15) is 0 Å². The Labute approximate surface area is 434 Å². The van der Waals surface area contributed by atoms with Crippen molar-refractivity contribution in [2.24, 2.45) is 0 Å². The molecule has 0 spiro atoms. The van der Waals surface area contributed by atoms with Gasteiger partial charge in [-0.15, -0.1) is 53.6 Å². The van der Waals surface area contributed by atoms with Crippen LogP contribution >= 0.6 is 0 Å². The number of imidazole rings is 2. The molecular weight excluding hydrogens is 1040 g/mol. The second kappa shape index (κ2) is 19.2. The van der Waals surface area contributed by atoms with Crippen LogP contribution in [0.1, 0.15) is 111 Å². The number of aromatic nitrogens is 4. The summed E-state index contributed by atoms with van der Waals surface area (Å²) in [5, 5.41) is 5.70. The van der Waals surface area contributed by atoms with Gasteiger partial charge >= 0.3 is 20.1 Å². The van der Waals surface area contributed by atoms with Crippen LogP contribution in [0.25, 0.3) is 99.7 Å². The molecule has 71 heavy (non-hydrogen) atoms. The molecule has 0 aliphatic heterocycles. The first kappa shape index (κ1) is 43.9. The van der Waals surface area contributed by atoms with Crippen LogP contribution in [-0.4, -0.2) is 9.55 Å². The number of aryl methyl sites for hydroxylation is 1. The molecule has 6 heteroatoms. The molecule has 3 aromatic heterocycles. The first-order valence-electron chi connectivity index (χ1n) is 26.1. The Morgan fingerprint density at radius 3 is 1.97 bits per heavy atom. The molecule has 5 nitrogen and oxygen atoms in total. The first-order chi connectivity index (χ1) is 35.2. The van der Waals surface area contributed by atoms with E-state index in [1.807, 2.05) is 54.6 Å². The third-order valence-electron chi connectivity index (χ3n) is 13.8.